The molecule has 0 atom stereocenters. The molecule has 0 spiro atoms. The van der Waals surface area contributed by atoms with Crippen LogP contribution in [0.2, 0.25) is 0 Å². The standard InChI is InChI=1S/C24H23F3N4O2/c1-17-11-13-18(14-12-17)29-23(33)31(19-7-3-2-4-8-19)16-15-28-22(32)30-21-10-6-5-9-20(21)24(25,26)27/h2-14H,15-16H2,1H3,(H,29,33)(H2,28,30,32). The average molecular weight is 456 g/mol. The van der Waals surface area contributed by atoms with E-state index in [1.54, 1.807) is 36.4 Å². The quantitative estimate of drug-likeness (QED) is 0.434. The van der Waals surface area contributed by atoms with Crippen molar-refractivity contribution in [2.24, 2.45) is 0 Å². The van der Waals surface area contributed by atoms with Gasteiger partial charge < -0.3 is 16.0 Å². The molecule has 0 heterocycles. The summed E-state index contributed by atoms with van der Waals surface area (Å²) in [5, 5.41) is 7.52. The summed E-state index contributed by atoms with van der Waals surface area (Å²) in [5.74, 6) is 0. The van der Waals surface area contributed by atoms with Crippen LogP contribution in [-0.2, 0) is 6.18 Å². The lowest BCUT2D eigenvalue weighted by molar-refractivity contribution is -0.136. The first-order chi connectivity index (χ1) is 15.7. The van der Waals surface area contributed by atoms with Gasteiger partial charge in [0, 0.05) is 24.5 Å². The Labute approximate surface area is 189 Å². The molecule has 9 heteroatoms. The molecule has 0 aliphatic rings. The van der Waals surface area contributed by atoms with Crippen LogP contribution in [0.1, 0.15) is 11.1 Å². The number of alkyl halides is 3. The number of hydrogen-bond acceptors (Lipinski definition) is 2. The first-order valence-electron chi connectivity index (χ1n) is 10.2. The average Bonchev–Trinajstić information content (AvgIpc) is 2.78. The van der Waals surface area contributed by atoms with Crippen molar-refractivity contribution in [1.29, 1.82) is 0 Å². The number of carbonyl (C=O) groups excluding carboxylic acids is 2. The van der Waals surface area contributed by atoms with Crippen LogP contribution in [0.3, 0.4) is 0 Å². The molecule has 172 valence electrons. The summed E-state index contributed by atoms with van der Waals surface area (Å²) in [6.07, 6.45) is -4.60. The van der Waals surface area contributed by atoms with Gasteiger partial charge in [-0.2, -0.15) is 13.2 Å². The molecule has 0 saturated heterocycles. The van der Waals surface area contributed by atoms with Gasteiger partial charge in [-0.1, -0.05) is 48.0 Å². The Morgan fingerprint density at radius 2 is 1.48 bits per heavy atom. The third-order valence-corrected chi connectivity index (χ3v) is 4.72. The maximum atomic E-state index is 13.1. The normalized spacial score (nSPS) is 10.9. The minimum atomic E-state index is -4.60. The fraction of sp³-hybridized carbons (Fsp3) is 0.167. The molecule has 3 aromatic carbocycles. The van der Waals surface area contributed by atoms with E-state index in [-0.39, 0.29) is 18.8 Å². The van der Waals surface area contributed by atoms with E-state index >= 15 is 0 Å². The minimum absolute atomic E-state index is 0.0101. The molecule has 6 nitrogen and oxygen atoms in total. The predicted octanol–water partition coefficient (Wildman–Crippen LogP) is 5.87. The van der Waals surface area contributed by atoms with E-state index in [4.69, 9.17) is 0 Å². The Kier molecular flexibility index (Phi) is 7.55. The maximum Gasteiger partial charge on any atom is 0.418 e. The fourth-order valence-electron chi connectivity index (χ4n) is 3.07. The number of nitrogens with one attached hydrogen (secondary N) is 3. The highest BCUT2D eigenvalue weighted by molar-refractivity contribution is 6.01. The van der Waals surface area contributed by atoms with E-state index in [1.165, 1.54) is 23.1 Å². The number of anilines is 3. The predicted molar refractivity (Wildman–Crippen MR) is 122 cm³/mol. The summed E-state index contributed by atoms with van der Waals surface area (Å²) in [4.78, 5) is 26.5. The van der Waals surface area contributed by atoms with Crippen molar-refractivity contribution >= 4 is 29.1 Å². The van der Waals surface area contributed by atoms with Gasteiger partial charge >= 0.3 is 18.2 Å². The Balaban J connectivity index is 1.64. The number of rotatable bonds is 6. The Bertz CT molecular complexity index is 1090. The van der Waals surface area contributed by atoms with Crippen LogP contribution in [-0.4, -0.2) is 25.2 Å². The summed E-state index contributed by atoms with van der Waals surface area (Å²) >= 11 is 0. The Morgan fingerprint density at radius 3 is 2.15 bits per heavy atom. The van der Waals surface area contributed by atoms with Gasteiger partial charge in [-0.05, 0) is 43.3 Å². The number of aryl methyl sites for hydroxylation is 1. The summed E-state index contributed by atoms with van der Waals surface area (Å²) in [6.45, 7) is 2.04. The number of benzene rings is 3. The Hall–Kier alpha value is -4.01. The van der Waals surface area contributed by atoms with Gasteiger partial charge in [0.2, 0.25) is 0 Å². The number of hydrogen-bond donors (Lipinski definition) is 3. The van der Waals surface area contributed by atoms with E-state index in [1.807, 2.05) is 25.1 Å². The van der Waals surface area contributed by atoms with E-state index in [0.717, 1.165) is 11.6 Å². The molecule has 0 aromatic heterocycles. The second-order valence-electron chi connectivity index (χ2n) is 7.21. The van der Waals surface area contributed by atoms with Crippen LogP contribution >= 0.6 is 0 Å². The minimum Gasteiger partial charge on any atom is -0.336 e. The Morgan fingerprint density at radius 1 is 0.848 bits per heavy atom. The topological polar surface area (TPSA) is 73.5 Å². The third kappa shape index (κ3) is 6.73. The maximum absolute atomic E-state index is 13.1. The van der Waals surface area contributed by atoms with Crippen LogP contribution in [0.15, 0.2) is 78.9 Å². The second-order valence-corrected chi connectivity index (χ2v) is 7.21. The molecule has 0 fully saturated rings. The lowest BCUT2D eigenvalue weighted by atomic mass is 10.1. The number of para-hydroxylation sites is 2. The van der Waals surface area contributed by atoms with Crippen molar-refractivity contribution in [3.05, 3.63) is 90.0 Å². The largest absolute Gasteiger partial charge is 0.418 e. The van der Waals surface area contributed by atoms with Gasteiger partial charge in [-0.15, -0.1) is 0 Å². The van der Waals surface area contributed by atoms with Crippen LogP contribution in [0, 0.1) is 6.92 Å². The van der Waals surface area contributed by atoms with E-state index in [0.29, 0.717) is 11.4 Å². The van der Waals surface area contributed by atoms with Crippen molar-refractivity contribution in [2.75, 3.05) is 28.6 Å². The monoisotopic (exact) mass is 456 g/mol. The summed E-state index contributed by atoms with van der Waals surface area (Å²) in [5.41, 5.74) is 0.978. The number of amides is 4. The highest BCUT2D eigenvalue weighted by atomic mass is 19.4. The van der Waals surface area contributed by atoms with Crippen molar-refractivity contribution in [3.63, 3.8) is 0 Å². The SMILES string of the molecule is Cc1ccc(NC(=O)N(CCNC(=O)Nc2ccccc2C(F)(F)F)c2ccccc2)cc1. The van der Waals surface area contributed by atoms with E-state index < -0.39 is 23.8 Å². The van der Waals surface area contributed by atoms with Gasteiger partial charge in [0.05, 0.1) is 11.3 Å². The molecule has 3 aromatic rings. The molecule has 33 heavy (non-hydrogen) atoms. The number of carbonyl (C=O) groups is 2. The van der Waals surface area contributed by atoms with Crippen molar-refractivity contribution in [1.82, 2.24) is 5.32 Å². The van der Waals surface area contributed by atoms with Crippen molar-refractivity contribution in [2.45, 2.75) is 13.1 Å². The second kappa shape index (κ2) is 10.5. The van der Waals surface area contributed by atoms with Crippen molar-refractivity contribution in [3.8, 4) is 0 Å². The molecule has 3 rings (SSSR count). The molecule has 3 N–H and O–H groups in total. The van der Waals surface area contributed by atoms with Gasteiger partial charge in [-0.3, -0.25) is 4.90 Å². The van der Waals surface area contributed by atoms with Gasteiger partial charge in [0.15, 0.2) is 0 Å². The van der Waals surface area contributed by atoms with Crippen LogP contribution in [0.5, 0.6) is 0 Å². The molecule has 0 radical (unpaired) electrons. The molecular weight excluding hydrogens is 433 g/mol. The first kappa shape index (κ1) is 23.6. The molecule has 0 unspecified atom stereocenters. The lowest BCUT2D eigenvalue weighted by Crippen LogP contribution is -2.42. The summed E-state index contributed by atoms with van der Waals surface area (Å²) in [6, 6.07) is 19.6. The molecule has 4 amide bonds. The molecule has 0 aliphatic heterocycles. The smallest absolute Gasteiger partial charge is 0.336 e. The number of nitrogens with zero attached hydrogens (tertiary/aromatic N) is 1. The third-order valence-electron chi connectivity index (χ3n) is 4.72. The number of urea groups is 2. The summed E-state index contributed by atoms with van der Waals surface area (Å²) < 4.78 is 39.3. The molecule has 0 aliphatic carbocycles. The van der Waals surface area contributed by atoms with Crippen LogP contribution < -0.4 is 20.9 Å². The first-order valence-corrected chi connectivity index (χ1v) is 10.2. The zero-order chi connectivity index (χ0) is 23.8. The zero-order valence-electron chi connectivity index (χ0n) is 17.8. The van der Waals surface area contributed by atoms with Crippen LogP contribution in [0.4, 0.5) is 39.8 Å². The highest BCUT2D eigenvalue weighted by Gasteiger charge is 2.33. The number of halogens is 3. The highest BCUT2D eigenvalue weighted by Crippen LogP contribution is 2.34. The summed E-state index contributed by atoms with van der Waals surface area (Å²) in [7, 11) is 0. The zero-order valence-corrected chi connectivity index (χ0v) is 17.8. The van der Waals surface area contributed by atoms with Crippen molar-refractivity contribution < 1.29 is 22.8 Å². The van der Waals surface area contributed by atoms with Gasteiger partial charge in [-0.25, -0.2) is 9.59 Å². The van der Waals surface area contributed by atoms with E-state index in [2.05, 4.69) is 16.0 Å². The molecule has 0 saturated carbocycles. The van der Waals surface area contributed by atoms with Gasteiger partial charge in [0.25, 0.3) is 0 Å². The molecule has 0 bridgehead atoms. The van der Waals surface area contributed by atoms with E-state index in [9.17, 15) is 22.8 Å². The lowest BCUT2D eigenvalue weighted by Gasteiger charge is -2.23. The van der Waals surface area contributed by atoms with Gasteiger partial charge in [0.1, 0.15) is 0 Å². The molecular formula is C24H23F3N4O2. The van der Waals surface area contributed by atoms with Crippen LogP contribution in [0.25, 0.3) is 0 Å². The fourth-order valence-corrected chi connectivity index (χ4v) is 3.07.